The summed E-state index contributed by atoms with van der Waals surface area (Å²) in [5.41, 5.74) is -6.49. The Morgan fingerprint density at radius 2 is 1.67 bits per heavy atom. The van der Waals surface area contributed by atoms with E-state index >= 15 is 8.78 Å². The van der Waals surface area contributed by atoms with Gasteiger partial charge in [-0.3, -0.25) is 14.2 Å². The van der Waals surface area contributed by atoms with Crippen molar-refractivity contribution in [1.29, 1.82) is 0 Å². The molecule has 0 amide bonds. The standard InChI is InChI=1S/C26H27F9N2O4S/c1-15-9-16-10-17(41-42(38,39)26(33,34)35)3-4-20(16)24(37(15)14-25(30,31)32)23-21(28)11-19(12-22(23)29)40-18-5-8-36(13-18)7-2-6-27/h3-4,10-12,15,18,24H,2,5-9,13-14H2,1H3. The van der Waals surface area contributed by atoms with Gasteiger partial charge in [-0.15, -0.1) is 0 Å². The summed E-state index contributed by atoms with van der Waals surface area (Å²) in [5.74, 6) is -3.38. The Kier molecular flexibility index (Phi) is 9.28. The summed E-state index contributed by atoms with van der Waals surface area (Å²) in [7, 11) is -6.04. The van der Waals surface area contributed by atoms with Crippen LogP contribution < -0.4 is 8.92 Å². The molecule has 2 heterocycles. The van der Waals surface area contributed by atoms with Crippen molar-refractivity contribution in [3.05, 3.63) is 58.7 Å². The van der Waals surface area contributed by atoms with Crippen molar-refractivity contribution in [3.8, 4) is 11.5 Å². The van der Waals surface area contributed by atoms with E-state index in [4.69, 9.17) is 4.74 Å². The molecule has 0 radical (unpaired) electrons. The maximum absolute atomic E-state index is 15.6. The molecular weight excluding hydrogens is 607 g/mol. The minimum absolute atomic E-state index is 0.0549. The van der Waals surface area contributed by atoms with Crippen LogP contribution in [0.25, 0.3) is 0 Å². The summed E-state index contributed by atoms with van der Waals surface area (Å²) < 4.78 is 155. The van der Waals surface area contributed by atoms with Gasteiger partial charge in [-0.2, -0.15) is 34.8 Å². The summed E-state index contributed by atoms with van der Waals surface area (Å²) in [6.45, 7) is 0.756. The third-order valence-corrected chi connectivity index (χ3v) is 8.12. The Hall–Kier alpha value is -2.72. The van der Waals surface area contributed by atoms with Crippen molar-refractivity contribution < 1.29 is 56.9 Å². The molecule has 0 spiro atoms. The van der Waals surface area contributed by atoms with Crippen molar-refractivity contribution in [3.63, 3.8) is 0 Å². The van der Waals surface area contributed by atoms with Gasteiger partial charge in [-0.25, -0.2) is 8.78 Å². The van der Waals surface area contributed by atoms with Gasteiger partial charge in [0.1, 0.15) is 29.2 Å². The SMILES string of the molecule is CC1Cc2cc(OS(=O)(=O)C(F)(F)F)ccc2C(c2c(F)cc(OC3CCN(CCCF)C3)cc2F)N1CC(F)(F)F. The predicted molar refractivity (Wildman–Crippen MR) is 132 cm³/mol. The number of rotatable bonds is 9. The quantitative estimate of drug-likeness (QED) is 0.195. The zero-order valence-electron chi connectivity index (χ0n) is 22.1. The second-order valence-electron chi connectivity index (χ2n) is 10.3. The van der Waals surface area contributed by atoms with Gasteiger partial charge < -0.3 is 8.92 Å². The lowest BCUT2D eigenvalue weighted by atomic mass is 9.84. The zero-order chi connectivity index (χ0) is 31.0. The number of nitrogens with zero attached hydrogens (tertiary/aromatic N) is 2. The molecule has 4 rings (SSSR count). The normalized spacial score (nSPS) is 22.3. The Balaban J connectivity index is 1.69. The summed E-state index contributed by atoms with van der Waals surface area (Å²) >= 11 is 0. The van der Waals surface area contributed by atoms with Crippen LogP contribution in [-0.4, -0.2) is 74.9 Å². The van der Waals surface area contributed by atoms with Crippen LogP contribution in [0.1, 0.15) is 42.5 Å². The van der Waals surface area contributed by atoms with Crippen LogP contribution in [0.4, 0.5) is 39.5 Å². The van der Waals surface area contributed by atoms with Crippen molar-refractivity contribution in [1.82, 2.24) is 9.80 Å². The number of hydrogen-bond acceptors (Lipinski definition) is 6. The molecule has 16 heteroatoms. The van der Waals surface area contributed by atoms with Gasteiger partial charge in [-0.1, -0.05) is 6.07 Å². The highest BCUT2D eigenvalue weighted by Gasteiger charge is 2.49. The highest BCUT2D eigenvalue weighted by Crippen LogP contribution is 2.43. The van der Waals surface area contributed by atoms with Crippen LogP contribution in [0.15, 0.2) is 30.3 Å². The van der Waals surface area contributed by atoms with Crippen molar-refractivity contribution in [2.45, 2.75) is 56.1 Å². The van der Waals surface area contributed by atoms with E-state index in [1.807, 2.05) is 4.90 Å². The molecule has 2 aromatic rings. The predicted octanol–water partition coefficient (Wildman–Crippen LogP) is 5.90. The first-order chi connectivity index (χ1) is 19.5. The van der Waals surface area contributed by atoms with Crippen molar-refractivity contribution in [2.75, 3.05) is 32.9 Å². The van der Waals surface area contributed by atoms with E-state index in [0.29, 0.717) is 32.5 Å². The molecule has 0 aliphatic carbocycles. The topological polar surface area (TPSA) is 59.1 Å². The van der Waals surface area contributed by atoms with E-state index in [1.165, 1.54) is 6.92 Å². The fourth-order valence-electron chi connectivity index (χ4n) is 5.36. The lowest BCUT2D eigenvalue weighted by molar-refractivity contribution is -0.155. The lowest BCUT2D eigenvalue weighted by Crippen LogP contribution is -2.47. The molecule has 42 heavy (non-hydrogen) atoms. The van der Waals surface area contributed by atoms with Crippen LogP contribution in [-0.2, 0) is 16.5 Å². The van der Waals surface area contributed by atoms with Gasteiger partial charge >= 0.3 is 21.8 Å². The second kappa shape index (κ2) is 12.1. The first kappa shape index (κ1) is 32.2. The van der Waals surface area contributed by atoms with E-state index in [0.717, 1.165) is 35.2 Å². The molecule has 234 valence electrons. The third kappa shape index (κ3) is 7.25. The highest BCUT2D eigenvalue weighted by atomic mass is 32.2. The average molecular weight is 635 g/mol. The van der Waals surface area contributed by atoms with E-state index in [9.17, 15) is 39.2 Å². The molecule has 0 N–H and O–H groups in total. The van der Waals surface area contributed by atoms with Gasteiger partial charge in [0.15, 0.2) is 0 Å². The summed E-state index contributed by atoms with van der Waals surface area (Å²) in [6, 6.07) is 1.66. The fraction of sp³-hybridized carbons (Fsp3) is 0.538. The molecule has 3 unspecified atom stereocenters. The number of halogens is 9. The Bertz CT molecular complexity index is 1360. The molecule has 0 aromatic heterocycles. The lowest BCUT2D eigenvalue weighted by Gasteiger charge is -2.42. The van der Waals surface area contributed by atoms with E-state index < -0.39 is 76.2 Å². The van der Waals surface area contributed by atoms with Crippen LogP contribution >= 0.6 is 0 Å². The Labute approximate surface area is 236 Å². The third-order valence-electron chi connectivity index (χ3n) is 7.14. The smallest absolute Gasteiger partial charge is 0.489 e. The Morgan fingerprint density at radius 3 is 2.26 bits per heavy atom. The van der Waals surface area contributed by atoms with Crippen LogP contribution in [0.3, 0.4) is 0 Å². The fourth-order valence-corrected chi connectivity index (χ4v) is 5.81. The monoisotopic (exact) mass is 634 g/mol. The first-order valence-electron chi connectivity index (χ1n) is 12.9. The minimum Gasteiger partial charge on any atom is -0.489 e. The maximum atomic E-state index is 15.6. The van der Waals surface area contributed by atoms with Gasteiger partial charge in [0.25, 0.3) is 0 Å². The molecule has 2 aliphatic rings. The molecule has 3 atom stereocenters. The number of benzene rings is 2. The van der Waals surface area contributed by atoms with E-state index in [1.54, 1.807) is 0 Å². The Morgan fingerprint density at radius 1 is 1.00 bits per heavy atom. The average Bonchev–Trinajstić information content (AvgIpc) is 3.29. The second-order valence-corrected chi connectivity index (χ2v) is 11.8. The molecule has 6 nitrogen and oxygen atoms in total. The molecule has 2 aliphatic heterocycles. The van der Waals surface area contributed by atoms with Crippen molar-refractivity contribution >= 4 is 10.1 Å². The molecule has 0 saturated carbocycles. The number of fused-ring (bicyclic) bond motifs is 1. The number of hydrogen-bond donors (Lipinski definition) is 0. The molecule has 1 fully saturated rings. The van der Waals surface area contributed by atoms with Gasteiger partial charge in [0.2, 0.25) is 0 Å². The molecule has 1 saturated heterocycles. The van der Waals surface area contributed by atoms with Gasteiger partial charge in [-0.05, 0) is 49.4 Å². The molecular formula is C26H27F9N2O4S. The zero-order valence-corrected chi connectivity index (χ0v) is 22.9. The summed E-state index contributed by atoms with van der Waals surface area (Å²) in [6.07, 6.45) is -4.60. The number of likely N-dealkylation sites (tertiary alicyclic amines) is 1. The first-order valence-corrected chi connectivity index (χ1v) is 14.3. The summed E-state index contributed by atoms with van der Waals surface area (Å²) in [4.78, 5) is 2.75. The number of alkyl halides is 7. The molecule has 2 aromatic carbocycles. The molecule has 0 bridgehead atoms. The maximum Gasteiger partial charge on any atom is 0.534 e. The van der Waals surface area contributed by atoms with E-state index in [2.05, 4.69) is 4.18 Å². The van der Waals surface area contributed by atoms with Crippen LogP contribution in [0.2, 0.25) is 0 Å². The highest BCUT2D eigenvalue weighted by molar-refractivity contribution is 7.88. The van der Waals surface area contributed by atoms with Gasteiger partial charge in [0, 0.05) is 43.4 Å². The minimum atomic E-state index is -6.04. The van der Waals surface area contributed by atoms with Gasteiger partial charge in [0.05, 0.1) is 19.3 Å². The number of ether oxygens (including phenoxy) is 1. The van der Waals surface area contributed by atoms with E-state index in [-0.39, 0.29) is 23.3 Å². The van der Waals surface area contributed by atoms with Crippen LogP contribution in [0, 0.1) is 11.6 Å². The largest absolute Gasteiger partial charge is 0.534 e. The van der Waals surface area contributed by atoms with Crippen LogP contribution in [0.5, 0.6) is 11.5 Å². The van der Waals surface area contributed by atoms with Crippen molar-refractivity contribution in [2.24, 2.45) is 0 Å². The summed E-state index contributed by atoms with van der Waals surface area (Å²) in [5, 5.41) is 0.